The minimum absolute atomic E-state index is 0.103. The van der Waals surface area contributed by atoms with E-state index in [2.05, 4.69) is 5.32 Å². The van der Waals surface area contributed by atoms with Gasteiger partial charge in [0.15, 0.2) is 0 Å². The fourth-order valence-electron chi connectivity index (χ4n) is 2.94. The number of carbonyl (C=O) groups excluding carboxylic acids is 3. The Kier molecular flexibility index (Phi) is 5.51. The van der Waals surface area contributed by atoms with Crippen molar-refractivity contribution in [3.63, 3.8) is 0 Å². The van der Waals surface area contributed by atoms with Crippen LogP contribution in [-0.4, -0.2) is 48.2 Å². The van der Waals surface area contributed by atoms with Gasteiger partial charge < -0.3 is 19.5 Å². The minimum Gasteiger partial charge on any atom is -0.467 e. The monoisotopic (exact) mass is 389 g/mol. The second-order valence-corrected chi connectivity index (χ2v) is 7.05. The molecule has 0 radical (unpaired) electrons. The standard InChI is InChI=1S/C19H20ClN3O4/c1-22(2)19(26)12-5-6-15(20)16(8-12)21-18(25)13-9-17(24)23(10-13)11-14-4-3-7-27-14/h3-8,13H,9-11H2,1-2H3,(H,21,25). The average molecular weight is 390 g/mol. The summed E-state index contributed by atoms with van der Waals surface area (Å²) in [6.07, 6.45) is 1.67. The highest BCUT2D eigenvalue weighted by atomic mass is 35.5. The van der Waals surface area contributed by atoms with Gasteiger partial charge in [0.2, 0.25) is 11.8 Å². The van der Waals surface area contributed by atoms with Gasteiger partial charge in [-0.05, 0) is 30.3 Å². The van der Waals surface area contributed by atoms with Gasteiger partial charge in [0.25, 0.3) is 5.91 Å². The summed E-state index contributed by atoms with van der Waals surface area (Å²) < 4.78 is 5.26. The molecular weight excluding hydrogens is 370 g/mol. The molecule has 1 N–H and O–H groups in total. The first-order valence-electron chi connectivity index (χ1n) is 8.47. The lowest BCUT2D eigenvalue weighted by Crippen LogP contribution is -2.28. The van der Waals surface area contributed by atoms with Gasteiger partial charge in [-0.1, -0.05) is 11.6 Å². The summed E-state index contributed by atoms with van der Waals surface area (Å²) in [7, 11) is 3.29. The Labute approximate surface area is 161 Å². The maximum atomic E-state index is 12.6. The molecule has 3 rings (SSSR count). The Morgan fingerprint density at radius 3 is 2.78 bits per heavy atom. The SMILES string of the molecule is CN(C)C(=O)c1ccc(Cl)c(NC(=O)C2CC(=O)N(Cc3ccco3)C2)c1. The van der Waals surface area contributed by atoms with Gasteiger partial charge in [-0.25, -0.2) is 0 Å². The highest BCUT2D eigenvalue weighted by Crippen LogP contribution is 2.26. The first kappa shape index (κ1) is 19.0. The van der Waals surface area contributed by atoms with Crippen molar-refractivity contribution >= 4 is 35.0 Å². The molecule has 1 atom stereocenters. The molecule has 142 valence electrons. The average Bonchev–Trinajstić information content (AvgIpc) is 3.26. The number of nitrogens with zero attached hydrogens (tertiary/aromatic N) is 2. The molecule has 7 nitrogen and oxygen atoms in total. The van der Waals surface area contributed by atoms with Crippen LogP contribution in [0, 0.1) is 5.92 Å². The summed E-state index contributed by atoms with van der Waals surface area (Å²) in [5, 5.41) is 3.07. The van der Waals surface area contributed by atoms with Crippen LogP contribution >= 0.6 is 11.6 Å². The van der Waals surface area contributed by atoms with E-state index in [9.17, 15) is 14.4 Å². The Hall–Kier alpha value is -2.80. The van der Waals surface area contributed by atoms with Gasteiger partial charge in [0.05, 0.1) is 29.4 Å². The van der Waals surface area contributed by atoms with Gasteiger partial charge in [-0.2, -0.15) is 0 Å². The lowest BCUT2D eigenvalue weighted by Gasteiger charge is -2.16. The van der Waals surface area contributed by atoms with Crippen molar-refractivity contribution in [3.05, 3.63) is 52.9 Å². The van der Waals surface area contributed by atoms with Crippen molar-refractivity contribution in [3.8, 4) is 0 Å². The van der Waals surface area contributed by atoms with Gasteiger partial charge in [-0.3, -0.25) is 14.4 Å². The largest absolute Gasteiger partial charge is 0.467 e. The molecule has 1 aliphatic rings. The third-order valence-electron chi connectivity index (χ3n) is 4.39. The Morgan fingerprint density at radius 2 is 2.11 bits per heavy atom. The van der Waals surface area contributed by atoms with Gasteiger partial charge in [-0.15, -0.1) is 0 Å². The van der Waals surface area contributed by atoms with E-state index in [-0.39, 0.29) is 24.1 Å². The van der Waals surface area contributed by atoms with Gasteiger partial charge in [0.1, 0.15) is 5.76 Å². The molecule has 1 aliphatic heterocycles. The normalized spacial score (nSPS) is 16.5. The van der Waals surface area contributed by atoms with E-state index in [0.29, 0.717) is 35.1 Å². The van der Waals surface area contributed by atoms with Crippen LogP contribution in [0.4, 0.5) is 5.69 Å². The molecular formula is C19H20ClN3O4. The molecule has 0 aliphatic carbocycles. The fraction of sp³-hybridized carbons (Fsp3) is 0.316. The summed E-state index contributed by atoms with van der Waals surface area (Å²) in [5.41, 5.74) is 0.771. The number of anilines is 1. The zero-order valence-electron chi connectivity index (χ0n) is 15.1. The van der Waals surface area contributed by atoms with Gasteiger partial charge >= 0.3 is 0 Å². The van der Waals surface area contributed by atoms with E-state index in [1.165, 1.54) is 4.90 Å². The summed E-state index contributed by atoms with van der Waals surface area (Å²) in [4.78, 5) is 39.9. The van der Waals surface area contributed by atoms with E-state index in [1.807, 2.05) is 0 Å². The Balaban J connectivity index is 1.68. The Morgan fingerprint density at radius 1 is 1.33 bits per heavy atom. The minimum atomic E-state index is -0.489. The molecule has 1 unspecified atom stereocenters. The van der Waals surface area contributed by atoms with Crippen molar-refractivity contribution in [1.82, 2.24) is 9.80 Å². The molecule has 3 amide bonds. The molecule has 1 aromatic carbocycles. The fourth-order valence-corrected chi connectivity index (χ4v) is 3.10. The number of carbonyl (C=O) groups is 3. The van der Waals surface area contributed by atoms with Crippen LogP contribution in [0.5, 0.6) is 0 Å². The lowest BCUT2D eigenvalue weighted by molar-refractivity contribution is -0.128. The van der Waals surface area contributed by atoms with Crippen LogP contribution in [0.15, 0.2) is 41.0 Å². The summed E-state index contributed by atoms with van der Waals surface area (Å²) >= 11 is 6.15. The van der Waals surface area contributed by atoms with Crippen LogP contribution in [-0.2, 0) is 16.1 Å². The number of nitrogens with one attached hydrogen (secondary N) is 1. The smallest absolute Gasteiger partial charge is 0.253 e. The molecule has 1 aromatic heterocycles. The molecule has 2 aromatic rings. The van der Waals surface area contributed by atoms with Crippen LogP contribution in [0.3, 0.4) is 0 Å². The number of furan rings is 1. The van der Waals surface area contributed by atoms with E-state index < -0.39 is 5.92 Å². The number of likely N-dealkylation sites (tertiary alicyclic amines) is 1. The number of halogens is 1. The number of hydrogen-bond donors (Lipinski definition) is 1. The second-order valence-electron chi connectivity index (χ2n) is 6.64. The number of rotatable bonds is 5. The van der Waals surface area contributed by atoms with Crippen LogP contribution < -0.4 is 5.32 Å². The van der Waals surface area contributed by atoms with Crippen LogP contribution in [0.2, 0.25) is 5.02 Å². The topological polar surface area (TPSA) is 82.9 Å². The lowest BCUT2D eigenvalue weighted by atomic mass is 10.1. The van der Waals surface area contributed by atoms with Crippen molar-refractivity contribution in [1.29, 1.82) is 0 Å². The molecule has 0 saturated carbocycles. The molecule has 1 fully saturated rings. The van der Waals surface area contributed by atoms with Crippen LogP contribution in [0.25, 0.3) is 0 Å². The number of hydrogen-bond acceptors (Lipinski definition) is 4. The molecule has 8 heteroatoms. The summed E-state index contributed by atoms with van der Waals surface area (Å²) in [5.74, 6) is -0.419. The van der Waals surface area contributed by atoms with Gasteiger partial charge in [0, 0.05) is 32.6 Å². The zero-order valence-corrected chi connectivity index (χ0v) is 15.8. The van der Waals surface area contributed by atoms with E-state index in [1.54, 1.807) is 55.6 Å². The first-order chi connectivity index (χ1) is 12.8. The molecule has 0 spiro atoms. The van der Waals surface area contributed by atoms with E-state index >= 15 is 0 Å². The van der Waals surface area contributed by atoms with Crippen molar-refractivity contribution in [2.75, 3.05) is 26.0 Å². The molecule has 0 bridgehead atoms. The third-order valence-corrected chi connectivity index (χ3v) is 4.72. The Bertz CT molecular complexity index is 864. The third kappa shape index (κ3) is 4.31. The second kappa shape index (κ2) is 7.84. The maximum absolute atomic E-state index is 12.6. The quantitative estimate of drug-likeness (QED) is 0.852. The van der Waals surface area contributed by atoms with E-state index in [4.69, 9.17) is 16.0 Å². The number of benzene rings is 1. The summed E-state index contributed by atoms with van der Waals surface area (Å²) in [6, 6.07) is 8.25. The number of amides is 3. The molecule has 1 saturated heterocycles. The predicted octanol–water partition coefficient (Wildman–Crippen LogP) is 2.62. The highest BCUT2D eigenvalue weighted by molar-refractivity contribution is 6.34. The van der Waals surface area contributed by atoms with Crippen molar-refractivity contribution < 1.29 is 18.8 Å². The molecule has 27 heavy (non-hydrogen) atoms. The van der Waals surface area contributed by atoms with Crippen molar-refractivity contribution in [2.45, 2.75) is 13.0 Å². The zero-order chi connectivity index (χ0) is 19.6. The first-order valence-corrected chi connectivity index (χ1v) is 8.85. The van der Waals surface area contributed by atoms with E-state index in [0.717, 1.165) is 0 Å². The maximum Gasteiger partial charge on any atom is 0.253 e. The van der Waals surface area contributed by atoms with Crippen LogP contribution in [0.1, 0.15) is 22.5 Å². The summed E-state index contributed by atoms with van der Waals surface area (Å²) in [6.45, 7) is 0.641. The predicted molar refractivity (Wildman–Crippen MR) is 100 cm³/mol. The molecule has 2 heterocycles. The highest BCUT2D eigenvalue weighted by Gasteiger charge is 2.34. The van der Waals surface area contributed by atoms with Crippen molar-refractivity contribution in [2.24, 2.45) is 5.92 Å².